The van der Waals surface area contributed by atoms with Crippen LogP contribution in [0.1, 0.15) is 32.0 Å². The molecule has 0 fully saturated rings. The quantitative estimate of drug-likeness (QED) is 0.782. The van der Waals surface area contributed by atoms with E-state index in [0.717, 1.165) is 6.42 Å². The lowest BCUT2D eigenvalue weighted by Crippen LogP contribution is -2.18. The summed E-state index contributed by atoms with van der Waals surface area (Å²) in [6.45, 7) is 5.16. The van der Waals surface area contributed by atoms with Crippen molar-refractivity contribution in [2.45, 2.75) is 26.2 Å². The number of hydrogen-bond donors (Lipinski definition) is 1. The summed E-state index contributed by atoms with van der Waals surface area (Å²) in [5, 5.41) is 0. The number of halogens is 1. The molecular weight excluding hydrogens is 242 g/mol. The third-order valence-electron chi connectivity index (χ3n) is 2.15. The van der Waals surface area contributed by atoms with Crippen molar-refractivity contribution in [3.63, 3.8) is 0 Å². The zero-order valence-corrected chi connectivity index (χ0v) is 11.1. The normalized spacial score (nSPS) is 12.5. The molecule has 1 heterocycles. The van der Waals surface area contributed by atoms with E-state index in [-0.39, 0.29) is 11.9 Å². The lowest BCUT2D eigenvalue weighted by Gasteiger charge is -2.15. The molecule has 0 saturated heterocycles. The molecule has 0 aromatic carbocycles. The van der Waals surface area contributed by atoms with Crippen molar-refractivity contribution in [1.82, 2.24) is 15.0 Å². The van der Waals surface area contributed by atoms with Gasteiger partial charge in [0.2, 0.25) is 11.9 Å². The molecule has 0 amide bonds. The molecule has 2 N–H and O–H groups in total. The van der Waals surface area contributed by atoms with Gasteiger partial charge in [-0.05, 0) is 6.42 Å². The van der Waals surface area contributed by atoms with Gasteiger partial charge in [0.25, 0.3) is 0 Å². The fraction of sp³-hybridized carbons (Fsp3) is 0.700. The maximum Gasteiger partial charge on any atom is 0.245 e. The van der Waals surface area contributed by atoms with Gasteiger partial charge in [-0.1, -0.05) is 13.8 Å². The van der Waals surface area contributed by atoms with Gasteiger partial charge < -0.3 is 10.5 Å². The molecule has 1 unspecified atom stereocenters. The van der Waals surface area contributed by atoms with Crippen molar-refractivity contribution >= 4 is 23.7 Å². The second-order valence-corrected chi connectivity index (χ2v) is 4.20. The Morgan fingerprint density at radius 1 is 1.41 bits per heavy atom. The zero-order valence-electron chi connectivity index (χ0n) is 10.4. The molecule has 0 aliphatic heterocycles. The van der Waals surface area contributed by atoms with Crippen LogP contribution in [0.25, 0.3) is 0 Å². The molecule has 96 valence electrons. The molecule has 1 rings (SSSR count). The van der Waals surface area contributed by atoms with E-state index in [1.807, 2.05) is 13.8 Å². The number of nitrogens with two attached hydrogens (primary N) is 1. The van der Waals surface area contributed by atoms with Crippen LogP contribution in [-0.2, 0) is 4.74 Å². The van der Waals surface area contributed by atoms with E-state index >= 15 is 0 Å². The number of ether oxygens (including phenoxy) is 1. The van der Waals surface area contributed by atoms with Crippen LogP contribution in [0.4, 0.5) is 11.9 Å². The minimum Gasteiger partial charge on any atom is -0.384 e. The van der Waals surface area contributed by atoms with Crippen molar-refractivity contribution in [1.29, 1.82) is 0 Å². The molecule has 0 aliphatic rings. The highest BCUT2D eigenvalue weighted by molar-refractivity contribution is 6.24. The fourth-order valence-corrected chi connectivity index (χ4v) is 1.59. The first kappa shape index (κ1) is 13.9. The number of hydrogen-bond acceptors (Lipinski definition) is 6. The molecule has 0 spiro atoms. The SMILES string of the molecule is CCCN(Cl)c1nc(N)nc(C(C)COC)n1. The second kappa shape index (κ2) is 6.56. The third kappa shape index (κ3) is 3.98. The second-order valence-electron chi connectivity index (χ2n) is 3.79. The Bertz CT molecular complexity index is 332. The molecule has 0 saturated carbocycles. The number of nitrogens with zero attached hydrogens (tertiary/aromatic N) is 4. The van der Waals surface area contributed by atoms with Crippen LogP contribution < -0.4 is 10.2 Å². The summed E-state index contributed by atoms with van der Waals surface area (Å²) >= 11 is 6.03. The van der Waals surface area contributed by atoms with E-state index in [0.29, 0.717) is 24.9 Å². The van der Waals surface area contributed by atoms with Gasteiger partial charge in [0.05, 0.1) is 6.61 Å². The highest BCUT2D eigenvalue weighted by atomic mass is 35.5. The molecule has 0 bridgehead atoms. The third-order valence-corrected chi connectivity index (χ3v) is 2.47. The lowest BCUT2D eigenvalue weighted by atomic mass is 10.2. The van der Waals surface area contributed by atoms with Gasteiger partial charge >= 0.3 is 0 Å². The highest BCUT2D eigenvalue weighted by Gasteiger charge is 2.14. The van der Waals surface area contributed by atoms with Crippen LogP contribution in [0.2, 0.25) is 0 Å². The first-order chi connectivity index (χ1) is 8.08. The lowest BCUT2D eigenvalue weighted by molar-refractivity contribution is 0.181. The van der Waals surface area contributed by atoms with E-state index < -0.39 is 0 Å². The van der Waals surface area contributed by atoms with E-state index in [2.05, 4.69) is 15.0 Å². The summed E-state index contributed by atoms with van der Waals surface area (Å²) in [6, 6.07) is 0. The Labute approximate surface area is 106 Å². The average molecular weight is 260 g/mol. The maximum absolute atomic E-state index is 6.03. The van der Waals surface area contributed by atoms with Gasteiger partial charge in [-0.3, -0.25) is 4.42 Å². The summed E-state index contributed by atoms with van der Waals surface area (Å²) in [4.78, 5) is 12.4. The Morgan fingerprint density at radius 2 is 2.12 bits per heavy atom. The van der Waals surface area contributed by atoms with Gasteiger partial charge in [-0.25, -0.2) is 0 Å². The van der Waals surface area contributed by atoms with Crippen LogP contribution in [0, 0.1) is 0 Å². The Hall–Kier alpha value is -1.14. The van der Waals surface area contributed by atoms with Crippen LogP contribution >= 0.6 is 11.8 Å². The Kier molecular flexibility index (Phi) is 5.37. The van der Waals surface area contributed by atoms with E-state index in [4.69, 9.17) is 22.2 Å². The number of anilines is 2. The summed E-state index contributed by atoms with van der Waals surface area (Å²) in [5.41, 5.74) is 5.64. The molecule has 1 atom stereocenters. The largest absolute Gasteiger partial charge is 0.384 e. The molecule has 17 heavy (non-hydrogen) atoms. The Morgan fingerprint density at radius 3 is 2.71 bits per heavy atom. The van der Waals surface area contributed by atoms with Gasteiger partial charge in [-0.2, -0.15) is 15.0 Å². The molecular formula is C10H18ClN5O. The van der Waals surface area contributed by atoms with Crippen LogP contribution in [0.3, 0.4) is 0 Å². The van der Waals surface area contributed by atoms with Gasteiger partial charge in [0, 0.05) is 31.3 Å². The zero-order chi connectivity index (χ0) is 12.8. The number of methoxy groups -OCH3 is 1. The monoisotopic (exact) mass is 259 g/mol. The van der Waals surface area contributed by atoms with Crippen LogP contribution in [0.15, 0.2) is 0 Å². The van der Waals surface area contributed by atoms with Crippen molar-refractivity contribution < 1.29 is 4.74 Å². The summed E-state index contributed by atoms with van der Waals surface area (Å²) < 4.78 is 6.50. The van der Waals surface area contributed by atoms with E-state index in [9.17, 15) is 0 Å². The smallest absolute Gasteiger partial charge is 0.245 e. The van der Waals surface area contributed by atoms with E-state index in [1.54, 1.807) is 7.11 Å². The predicted molar refractivity (Wildman–Crippen MR) is 68.0 cm³/mol. The van der Waals surface area contributed by atoms with Crippen molar-refractivity contribution in [3.8, 4) is 0 Å². The topological polar surface area (TPSA) is 77.2 Å². The predicted octanol–water partition coefficient (Wildman–Crippen LogP) is 1.57. The molecule has 1 aromatic heterocycles. The molecule has 1 aromatic rings. The minimum absolute atomic E-state index is 0.0516. The highest BCUT2D eigenvalue weighted by Crippen LogP contribution is 2.17. The van der Waals surface area contributed by atoms with Crippen molar-refractivity contribution in [2.75, 3.05) is 30.4 Å². The average Bonchev–Trinajstić information content (AvgIpc) is 2.29. The van der Waals surface area contributed by atoms with Gasteiger partial charge in [0.1, 0.15) is 5.82 Å². The van der Waals surface area contributed by atoms with Crippen LogP contribution in [-0.4, -0.2) is 35.2 Å². The van der Waals surface area contributed by atoms with Crippen molar-refractivity contribution in [2.24, 2.45) is 0 Å². The number of aromatic nitrogens is 3. The maximum atomic E-state index is 6.03. The number of rotatable bonds is 6. The summed E-state index contributed by atoms with van der Waals surface area (Å²) in [7, 11) is 1.63. The van der Waals surface area contributed by atoms with Crippen molar-refractivity contribution in [3.05, 3.63) is 5.82 Å². The van der Waals surface area contributed by atoms with E-state index in [1.165, 1.54) is 4.42 Å². The van der Waals surface area contributed by atoms with Gasteiger partial charge in [0.15, 0.2) is 0 Å². The molecule has 0 aliphatic carbocycles. The summed E-state index contributed by atoms with van der Waals surface area (Å²) in [6.07, 6.45) is 0.901. The molecule has 0 radical (unpaired) electrons. The minimum atomic E-state index is 0.0516. The molecule has 6 nitrogen and oxygen atoms in total. The van der Waals surface area contributed by atoms with Crippen LogP contribution in [0.5, 0.6) is 0 Å². The van der Waals surface area contributed by atoms with Gasteiger partial charge in [-0.15, -0.1) is 0 Å². The Balaban J connectivity index is 2.93. The fourth-order valence-electron chi connectivity index (χ4n) is 1.35. The first-order valence-corrected chi connectivity index (χ1v) is 5.86. The molecule has 7 heteroatoms. The summed E-state index contributed by atoms with van der Waals surface area (Å²) in [5.74, 6) is 1.21. The first-order valence-electron chi connectivity index (χ1n) is 5.52. The standard InChI is InChI=1S/C10H18ClN5O/c1-4-5-16(11)10-14-8(7(2)6-17-3)13-9(12)15-10/h7H,4-6H2,1-3H3,(H2,12,13,14,15). The number of nitrogen functional groups attached to an aromatic ring is 1.